The van der Waals surface area contributed by atoms with E-state index in [0.717, 1.165) is 6.07 Å². The number of halogens is 3. The van der Waals surface area contributed by atoms with Gasteiger partial charge in [-0.15, -0.1) is 0 Å². The Morgan fingerprint density at radius 3 is 2.33 bits per heavy atom. The van der Waals surface area contributed by atoms with Gasteiger partial charge in [-0.2, -0.15) is 13.2 Å². The van der Waals surface area contributed by atoms with Crippen LogP contribution < -0.4 is 9.62 Å². The summed E-state index contributed by atoms with van der Waals surface area (Å²) < 4.78 is 64.2. The van der Waals surface area contributed by atoms with Crippen molar-refractivity contribution in [2.45, 2.75) is 38.0 Å². The highest BCUT2D eigenvalue weighted by Crippen LogP contribution is 2.30. The molecule has 1 N–H and O–H groups in total. The number of hydrogen-bond donors (Lipinski definition) is 1. The van der Waals surface area contributed by atoms with Crippen LogP contribution in [-0.4, -0.2) is 50.7 Å². The molecule has 2 aromatic rings. The normalized spacial score (nSPS) is 19.5. The van der Waals surface area contributed by atoms with E-state index in [2.05, 4.69) is 10.2 Å². The number of amides is 1. The first-order chi connectivity index (χ1) is 15.6. The fourth-order valence-electron chi connectivity index (χ4n) is 4.32. The van der Waals surface area contributed by atoms with Gasteiger partial charge in [0.1, 0.15) is 0 Å². The third kappa shape index (κ3) is 5.67. The molecule has 0 bridgehead atoms. The fourth-order valence-corrected chi connectivity index (χ4v) is 5.88. The van der Waals surface area contributed by atoms with Crippen LogP contribution in [0.4, 0.5) is 18.9 Å². The second-order valence-corrected chi connectivity index (χ2v) is 10.5. The quantitative estimate of drug-likeness (QED) is 0.708. The molecule has 0 atom stereocenters. The minimum Gasteiger partial charge on any atom is -0.349 e. The second kappa shape index (κ2) is 9.34. The number of benzene rings is 2. The van der Waals surface area contributed by atoms with Crippen LogP contribution in [0.3, 0.4) is 0 Å². The average molecular weight is 482 g/mol. The maximum atomic E-state index is 12.9. The number of nitrogens with zero attached hydrogens (tertiary/aromatic N) is 2. The van der Waals surface area contributed by atoms with Crippen LogP contribution in [0, 0.1) is 0 Å². The maximum absolute atomic E-state index is 12.9. The van der Waals surface area contributed by atoms with Crippen molar-refractivity contribution < 1.29 is 26.4 Å². The number of piperidine rings is 1. The summed E-state index contributed by atoms with van der Waals surface area (Å²) in [6, 6.07) is 11.9. The Morgan fingerprint density at radius 2 is 1.73 bits per heavy atom. The Balaban J connectivity index is 1.28. The van der Waals surface area contributed by atoms with E-state index in [1.165, 1.54) is 16.4 Å². The molecule has 2 saturated heterocycles. The van der Waals surface area contributed by atoms with Crippen LogP contribution in [0.5, 0.6) is 0 Å². The van der Waals surface area contributed by atoms with Crippen LogP contribution in [0.15, 0.2) is 48.5 Å². The summed E-state index contributed by atoms with van der Waals surface area (Å²) in [6.07, 6.45) is -2.35. The molecule has 0 saturated carbocycles. The lowest BCUT2D eigenvalue weighted by molar-refractivity contribution is -0.137. The Bertz CT molecular complexity index is 1100. The smallest absolute Gasteiger partial charge is 0.349 e. The molecular formula is C23H26F3N3O3S. The van der Waals surface area contributed by atoms with Crippen molar-refractivity contribution in [2.75, 3.05) is 29.7 Å². The van der Waals surface area contributed by atoms with Gasteiger partial charge in [0.25, 0.3) is 5.91 Å². The van der Waals surface area contributed by atoms with E-state index < -0.39 is 21.8 Å². The molecule has 10 heteroatoms. The average Bonchev–Trinajstić information content (AvgIpc) is 3.14. The van der Waals surface area contributed by atoms with Gasteiger partial charge in [0.05, 0.1) is 17.0 Å². The van der Waals surface area contributed by atoms with Crippen molar-refractivity contribution in [3.63, 3.8) is 0 Å². The van der Waals surface area contributed by atoms with Gasteiger partial charge in [-0.3, -0.25) is 14.0 Å². The van der Waals surface area contributed by atoms with Gasteiger partial charge in [0.2, 0.25) is 10.0 Å². The Hall–Kier alpha value is -2.59. The predicted molar refractivity (Wildman–Crippen MR) is 119 cm³/mol. The highest BCUT2D eigenvalue weighted by Gasteiger charge is 2.31. The van der Waals surface area contributed by atoms with Gasteiger partial charge in [-0.05, 0) is 55.2 Å². The van der Waals surface area contributed by atoms with Gasteiger partial charge in [0.15, 0.2) is 0 Å². The summed E-state index contributed by atoms with van der Waals surface area (Å²) in [5, 5.41) is 3.01. The van der Waals surface area contributed by atoms with E-state index in [4.69, 9.17) is 0 Å². The molecule has 2 aliphatic heterocycles. The van der Waals surface area contributed by atoms with Gasteiger partial charge >= 0.3 is 6.18 Å². The van der Waals surface area contributed by atoms with Crippen LogP contribution in [0.2, 0.25) is 0 Å². The summed E-state index contributed by atoms with van der Waals surface area (Å²) >= 11 is 0. The first-order valence-corrected chi connectivity index (χ1v) is 12.5. The van der Waals surface area contributed by atoms with Gasteiger partial charge in [-0.1, -0.05) is 18.2 Å². The Morgan fingerprint density at radius 1 is 1.03 bits per heavy atom. The standard InChI is InChI=1S/C23H26F3N3O3S/c24-23(25,26)19-4-1-3-17(15-19)16-28-12-9-20(10-13-28)27-22(30)18-5-7-21(8-6-18)29-11-2-14-33(29,31)32/h1,3-8,15,20H,2,9-14,16H2,(H,27,30). The minimum atomic E-state index is -4.35. The number of rotatable bonds is 5. The number of anilines is 1. The zero-order valence-corrected chi connectivity index (χ0v) is 18.8. The van der Waals surface area contributed by atoms with Crippen molar-refractivity contribution >= 4 is 21.6 Å². The highest BCUT2D eigenvalue weighted by atomic mass is 32.2. The molecule has 0 unspecified atom stereocenters. The van der Waals surface area contributed by atoms with Crippen molar-refractivity contribution in [1.82, 2.24) is 10.2 Å². The third-order valence-electron chi connectivity index (χ3n) is 6.10. The van der Waals surface area contributed by atoms with Crippen LogP contribution in [-0.2, 0) is 22.7 Å². The lowest BCUT2D eigenvalue weighted by Crippen LogP contribution is -2.44. The van der Waals surface area contributed by atoms with E-state index in [0.29, 0.717) is 62.3 Å². The number of carbonyl (C=O) groups excluding carboxylic acids is 1. The lowest BCUT2D eigenvalue weighted by Gasteiger charge is -2.32. The highest BCUT2D eigenvalue weighted by molar-refractivity contribution is 7.93. The van der Waals surface area contributed by atoms with Gasteiger partial charge in [0, 0.05) is 37.8 Å². The van der Waals surface area contributed by atoms with Crippen LogP contribution in [0.25, 0.3) is 0 Å². The predicted octanol–water partition coefficient (Wildman–Crippen LogP) is 3.64. The molecule has 6 nitrogen and oxygen atoms in total. The van der Waals surface area contributed by atoms with Crippen LogP contribution in [0.1, 0.15) is 40.7 Å². The minimum absolute atomic E-state index is 0.0195. The molecule has 0 aromatic heterocycles. The Labute approximate surface area is 191 Å². The molecule has 0 aliphatic carbocycles. The SMILES string of the molecule is O=C(NC1CCN(Cc2cccc(C(F)(F)F)c2)CC1)c1ccc(N2CCCS2(=O)=O)cc1. The van der Waals surface area contributed by atoms with Crippen LogP contribution >= 0.6 is 0 Å². The van der Waals surface area contributed by atoms with E-state index >= 15 is 0 Å². The monoisotopic (exact) mass is 481 g/mol. The summed E-state index contributed by atoms with van der Waals surface area (Å²) in [7, 11) is -3.26. The molecule has 2 aromatic carbocycles. The maximum Gasteiger partial charge on any atom is 0.416 e. The van der Waals surface area contributed by atoms with Gasteiger partial charge in [-0.25, -0.2) is 8.42 Å². The number of nitrogens with one attached hydrogen (secondary N) is 1. The number of hydrogen-bond acceptors (Lipinski definition) is 4. The van der Waals surface area contributed by atoms with E-state index in [9.17, 15) is 26.4 Å². The molecule has 178 valence electrons. The third-order valence-corrected chi connectivity index (χ3v) is 7.97. The largest absolute Gasteiger partial charge is 0.416 e. The van der Waals surface area contributed by atoms with E-state index in [1.807, 2.05) is 0 Å². The molecule has 33 heavy (non-hydrogen) atoms. The molecule has 0 radical (unpaired) electrons. The molecule has 0 spiro atoms. The Kier molecular flexibility index (Phi) is 6.67. The number of alkyl halides is 3. The van der Waals surface area contributed by atoms with E-state index in [1.54, 1.807) is 30.3 Å². The zero-order chi connectivity index (χ0) is 23.6. The van der Waals surface area contributed by atoms with E-state index in [-0.39, 0.29) is 17.7 Å². The van der Waals surface area contributed by atoms with Gasteiger partial charge < -0.3 is 5.32 Å². The molecule has 4 rings (SSSR count). The first kappa shape index (κ1) is 23.6. The lowest BCUT2D eigenvalue weighted by atomic mass is 10.0. The number of sulfonamides is 1. The molecular weight excluding hydrogens is 455 g/mol. The number of likely N-dealkylation sites (tertiary alicyclic amines) is 1. The van der Waals surface area contributed by atoms with Crippen molar-refractivity contribution in [2.24, 2.45) is 0 Å². The molecule has 1 amide bonds. The molecule has 2 fully saturated rings. The number of carbonyl (C=O) groups is 1. The fraction of sp³-hybridized carbons (Fsp3) is 0.435. The summed E-state index contributed by atoms with van der Waals surface area (Å²) in [5.41, 5.74) is 0.997. The van der Waals surface area contributed by atoms with Crippen molar-refractivity contribution in [3.8, 4) is 0 Å². The summed E-state index contributed by atoms with van der Waals surface area (Å²) in [5.74, 6) is -0.0796. The second-order valence-electron chi connectivity index (χ2n) is 8.51. The topological polar surface area (TPSA) is 69.7 Å². The molecule has 2 aliphatic rings. The summed E-state index contributed by atoms with van der Waals surface area (Å²) in [4.78, 5) is 14.7. The summed E-state index contributed by atoms with van der Waals surface area (Å²) in [6.45, 7) is 2.23. The van der Waals surface area contributed by atoms with Crippen molar-refractivity contribution in [1.29, 1.82) is 0 Å². The molecule has 2 heterocycles. The zero-order valence-electron chi connectivity index (χ0n) is 18.0. The first-order valence-electron chi connectivity index (χ1n) is 10.9. The van der Waals surface area contributed by atoms with Crippen molar-refractivity contribution in [3.05, 3.63) is 65.2 Å².